The number of halogens is 2. The van der Waals surface area contributed by atoms with E-state index in [0.29, 0.717) is 12.0 Å². The topological polar surface area (TPSA) is 39.7 Å². The smallest absolute Gasteiger partial charge is 0.191 e. The Kier molecular flexibility index (Phi) is 9.36. The van der Waals surface area contributed by atoms with Crippen LogP contribution in [0, 0.1) is 5.92 Å². The first-order chi connectivity index (χ1) is 12.2. The number of nitrogens with one attached hydrogen (secondary N) is 2. The van der Waals surface area contributed by atoms with E-state index in [2.05, 4.69) is 72.5 Å². The second-order valence-electron chi connectivity index (χ2n) is 6.38. The Morgan fingerprint density at radius 1 is 1.38 bits per heavy atom. The standard InChI is InChI=1S/C18H25BrN4S2.HI/c1-20-18(22-11-15-9-14(19)12-25-15)21-10-13-5-3-7-23(2)17(13)16-6-4-8-24-16;/h4,6,8-9,12-13,17H,3,5,7,10-11H2,1-2H3,(H2,20,21,22);1H. The molecule has 0 amide bonds. The highest BCUT2D eigenvalue weighted by atomic mass is 127. The van der Waals surface area contributed by atoms with Gasteiger partial charge in [-0.05, 0) is 65.8 Å². The first kappa shape index (κ1) is 22.1. The van der Waals surface area contributed by atoms with Crippen LogP contribution in [0.2, 0.25) is 0 Å². The number of aliphatic imine (C=N–C) groups is 1. The van der Waals surface area contributed by atoms with E-state index in [9.17, 15) is 0 Å². The summed E-state index contributed by atoms with van der Waals surface area (Å²) in [6.45, 7) is 2.93. The lowest BCUT2D eigenvalue weighted by atomic mass is 9.88. The predicted octanol–water partition coefficient (Wildman–Crippen LogP) is 4.94. The van der Waals surface area contributed by atoms with Crippen molar-refractivity contribution in [1.82, 2.24) is 15.5 Å². The molecule has 8 heteroatoms. The average molecular weight is 569 g/mol. The minimum absolute atomic E-state index is 0. The average Bonchev–Trinajstić information content (AvgIpc) is 3.27. The molecule has 144 valence electrons. The van der Waals surface area contributed by atoms with E-state index in [1.165, 1.54) is 29.1 Å². The van der Waals surface area contributed by atoms with Crippen LogP contribution in [0.4, 0.5) is 0 Å². The lowest BCUT2D eigenvalue weighted by Gasteiger charge is -2.39. The third-order valence-electron chi connectivity index (χ3n) is 4.65. The maximum atomic E-state index is 4.38. The molecule has 2 N–H and O–H groups in total. The van der Waals surface area contributed by atoms with Gasteiger partial charge in [-0.1, -0.05) is 6.07 Å². The van der Waals surface area contributed by atoms with Crippen molar-refractivity contribution in [3.8, 4) is 0 Å². The van der Waals surface area contributed by atoms with Crippen molar-refractivity contribution in [3.05, 3.63) is 43.2 Å². The molecule has 1 aliphatic rings. The molecule has 2 aromatic rings. The van der Waals surface area contributed by atoms with Crippen LogP contribution in [0.15, 0.2) is 38.4 Å². The van der Waals surface area contributed by atoms with Gasteiger partial charge in [0.1, 0.15) is 0 Å². The van der Waals surface area contributed by atoms with Crippen LogP contribution in [0.25, 0.3) is 0 Å². The predicted molar refractivity (Wildman–Crippen MR) is 128 cm³/mol. The highest BCUT2D eigenvalue weighted by Crippen LogP contribution is 2.36. The molecule has 2 atom stereocenters. The lowest BCUT2D eigenvalue weighted by molar-refractivity contribution is 0.125. The number of thiophene rings is 2. The lowest BCUT2D eigenvalue weighted by Crippen LogP contribution is -2.44. The normalized spacial score (nSPS) is 21.3. The summed E-state index contributed by atoms with van der Waals surface area (Å²) in [6.07, 6.45) is 2.52. The Labute approximate surface area is 189 Å². The molecule has 3 heterocycles. The molecule has 1 fully saturated rings. The zero-order valence-corrected chi connectivity index (χ0v) is 20.6. The van der Waals surface area contributed by atoms with Crippen LogP contribution in [-0.4, -0.2) is 38.0 Å². The zero-order valence-electron chi connectivity index (χ0n) is 15.1. The van der Waals surface area contributed by atoms with Gasteiger partial charge in [-0.3, -0.25) is 9.89 Å². The van der Waals surface area contributed by atoms with Crippen molar-refractivity contribution in [1.29, 1.82) is 0 Å². The van der Waals surface area contributed by atoms with Crippen molar-refractivity contribution < 1.29 is 0 Å². The van der Waals surface area contributed by atoms with Crippen LogP contribution < -0.4 is 10.6 Å². The summed E-state index contributed by atoms with van der Waals surface area (Å²) in [4.78, 5) is 9.65. The maximum Gasteiger partial charge on any atom is 0.191 e. The zero-order chi connectivity index (χ0) is 17.6. The Morgan fingerprint density at radius 2 is 2.23 bits per heavy atom. The van der Waals surface area contributed by atoms with Gasteiger partial charge in [0.2, 0.25) is 0 Å². The van der Waals surface area contributed by atoms with Gasteiger partial charge in [-0.15, -0.1) is 46.7 Å². The molecule has 3 rings (SSSR count). The summed E-state index contributed by atoms with van der Waals surface area (Å²) in [6, 6.07) is 7.08. The van der Waals surface area contributed by atoms with Crippen molar-refractivity contribution in [3.63, 3.8) is 0 Å². The highest BCUT2D eigenvalue weighted by Gasteiger charge is 2.31. The molecule has 0 radical (unpaired) electrons. The molecule has 0 bridgehead atoms. The molecule has 1 saturated heterocycles. The highest BCUT2D eigenvalue weighted by molar-refractivity contribution is 14.0. The number of guanidine groups is 1. The third kappa shape index (κ3) is 5.92. The van der Waals surface area contributed by atoms with Crippen LogP contribution >= 0.6 is 62.6 Å². The second-order valence-corrected chi connectivity index (χ2v) is 9.27. The Morgan fingerprint density at radius 3 is 2.88 bits per heavy atom. The first-order valence-electron chi connectivity index (χ1n) is 8.58. The fourth-order valence-electron chi connectivity index (χ4n) is 3.45. The van der Waals surface area contributed by atoms with Crippen LogP contribution in [0.5, 0.6) is 0 Å². The minimum atomic E-state index is 0. The molecule has 0 aromatic carbocycles. The third-order valence-corrected chi connectivity index (χ3v) is 7.29. The molecular formula is C18H26BrIN4S2. The number of hydrogen-bond donors (Lipinski definition) is 2. The van der Waals surface area contributed by atoms with Gasteiger partial charge in [0.25, 0.3) is 0 Å². The fourth-order valence-corrected chi connectivity index (χ4v) is 5.82. The molecule has 26 heavy (non-hydrogen) atoms. The number of piperidine rings is 1. The number of likely N-dealkylation sites (tertiary alicyclic amines) is 1. The molecule has 0 aliphatic carbocycles. The molecule has 1 aliphatic heterocycles. The van der Waals surface area contributed by atoms with Crippen molar-refractivity contribution in [2.75, 3.05) is 27.2 Å². The Bertz CT molecular complexity index is 689. The van der Waals surface area contributed by atoms with Gasteiger partial charge in [-0.25, -0.2) is 0 Å². The molecule has 2 unspecified atom stereocenters. The summed E-state index contributed by atoms with van der Waals surface area (Å²) in [5.74, 6) is 1.48. The molecular weight excluding hydrogens is 543 g/mol. The van der Waals surface area contributed by atoms with Crippen LogP contribution in [-0.2, 0) is 6.54 Å². The van der Waals surface area contributed by atoms with Gasteiger partial charge >= 0.3 is 0 Å². The molecule has 2 aromatic heterocycles. The number of rotatable bonds is 5. The van der Waals surface area contributed by atoms with E-state index in [0.717, 1.165) is 23.5 Å². The summed E-state index contributed by atoms with van der Waals surface area (Å²) in [5.41, 5.74) is 0. The first-order valence-corrected chi connectivity index (χ1v) is 11.1. The quantitative estimate of drug-likeness (QED) is 0.305. The Balaban J connectivity index is 0.00000243. The van der Waals surface area contributed by atoms with Crippen molar-refractivity contribution >= 4 is 68.5 Å². The van der Waals surface area contributed by atoms with E-state index in [1.54, 1.807) is 11.3 Å². The van der Waals surface area contributed by atoms with E-state index < -0.39 is 0 Å². The number of hydrogen-bond acceptors (Lipinski definition) is 4. The van der Waals surface area contributed by atoms with E-state index >= 15 is 0 Å². The molecule has 0 spiro atoms. The van der Waals surface area contributed by atoms with Gasteiger partial charge in [0.15, 0.2) is 5.96 Å². The van der Waals surface area contributed by atoms with Gasteiger partial charge in [0.05, 0.1) is 6.54 Å². The molecule has 0 saturated carbocycles. The monoisotopic (exact) mass is 568 g/mol. The number of nitrogens with zero attached hydrogens (tertiary/aromatic N) is 2. The van der Waals surface area contributed by atoms with Gasteiger partial charge < -0.3 is 10.6 Å². The fraction of sp³-hybridized carbons (Fsp3) is 0.500. The summed E-state index contributed by atoms with van der Waals surface area (Å²) >= 11 is 7.12. The summed E-state index contributed by atoms with van der Waals surface area (Å²) < 4.78 is 1.14. The summed E-state index contributed by atoms with van der Waals surface area (Å²) in [7, 11) is 4.09. The van der Waals surface area contributed by atoms with E-state index in [1.807, 2.05) is 18.4 Å². The van der Waals surface area contributed by atoms with E-state index in [-0.39, 0.29) is 24.0 Å². The van der Waals surface area contributed by atoms with Gasteiger partial charge in [0, 0.05) is 39.2 Å². The second kappa shape index (κ2) is 11.0. The minimum Gasteiger partial charge on any atom is -0.356 e. The van der Waals surface area contributed by atoms with Crippen LogP contribution in [0.3, 0.4) is 0 Å². The van der Waals surface area contributed by atoms with E-state index in [4.69, 9.17) is 0 Å². The molecule has 4 nitrogen and oxygen atoms in total. The van der Waals surface area contributed by atoms with Crippen LogP contribution in [0.1, 0.15) is 28.6 Å². The van der Waals surface area contributed by atoms with Crippen molar-refractivity contribution in [2.45, 2.75) is 25.4 Å². The summed E-state index contributed by atoms with van der Waals surface area (Å²) in [5, 5.41) is 11.2. The SMILES string of the molecule is CN=C(NCc1cc(Br)cs1)NCC1CCCN(C)C1c1cccs1.I. The Hall–Kier alpha value is -0.160. The maximum absolute atomic E-state index is 4.38. The van der Waals surface area contributed by atoms with Gasteiger partial charge in [-0.2, -0.15) is 0 Å². The van der Waals surface area contributed by atoms with Crippen molar-refractivity contribution in [2.24, 2.45) is 10.9 Å². The largest absolute Gasteiger partial charge is 0.356 e.